The van der Waals surface area contributed by atoms with Crippen molar-refractivity contribution in [2.24, 2.45) is 5.92 Å². The number of nitrogens with one attached hydrogen (secondary N) is 1. The summed E-state index contributed by atoms with van der Waals surface area (Å²) in [5.74, 6) is 2.20. The number of carbonyl (C=O) groups is 1. The van der Waals surface area contributed by atoms with Gasteiger partial charge >= 0.3 is 0 Å². The fourth-order valence-electron chi connectivity index (χ4n) is 4.46. The number of amides is 1. The summed E-state index contributed by atoms with van der Waals surface area (Å²) in [6, 6.07) is 14.2. The zero-order chi connectivity index (χ0) is 16.8. The molecule has 1 amide bonds. The van der Waals surface area contributed by atoms with Crippen LogP contribution in [0.25, 0.3) is 0 Å². The maximum Gasteiger partial charge on any atom is 0.255 e. The molecule has 0 radical (unpaired) electrons. The normalized spacial score (nSPS) is 26.3. The first-order chi connectivity index (χ1) is 12.3. The van der Waals surface area contributed by atoms with Gasteiger partial charge in [-0.15, -0.1) is 0 Å². The van der Waals surface area contributed by atoms with Crippen LogP contribution in [0.3, 0.4) is 0 Å². The molecule has 0 aromatic heterocycles. The molecule has 4 nitrogen and oxygen atoms in total. The highest BCUT2D eigenvalue weighted by Crippen LogP contribution is 2.38. The highest BCUT2D eigenvalue weighted by atomic mass is 16.5. The maximum atomic E-state index is 13.0. The van der Waals surface area contributed by atoms with E-state index in [1.807, 2.05) is 30.3 Å². The van der Waals surface area contributed by atoms with Crippen molar-refractivity contribution in [3.05, 3.63) is 59.2 Å². The Morgan fingerprint density at radius 2 is 1.84 bits per heavy atom. The molecule has 25 heavy (non-hydrogen) atoms. The molecule has 128 valence electrons. The first-order valence-corrected chi connectivity index (χ1v) is 9.19. The molecule has 6 rings (SSSR count). The Kier molecular flexibility index (Phi) is 3.52. The molecule has 4 aliphatic rings. The number of piperidine rings is 3. The van der Waals surface area contributed by atoms with Gasteiger partial charge in [-0.25, -0.2) is 0 Å². The molecular formula is C21H22N2O2. The first-order valence-electron chi connectivity index (χ1n) is 9.19. The highest BCUT2D eigenvalue weighted by Gasteiger charge is 2.35. The molecule has 4 heteroatoms. The van der Waals surface area contributed by atoms with Crippen LogP contribution in [0.2, 0.25) is 0 Å². The second-order valence-electron chi connectivity index (χ2n) is 7.40. The summed E-state index contributed by atoms with van der Waals surface area (Å²) in [5.41, 5.74) is 2.91. The molecule has 1 unspecified atom stereocenters. The van der Waals surface area contributed by atoms with E-state index in [0.717, 1.165) is 30.0 Å². The molecule has 0 spiro atoms. The molecule has 2 aromatic rings. The SMILES string of the molecule is O=C(NC1CN2CCC1CC2)c1cccc2c1Oc1ccccc1C2. The van der Waals surface area contributed by atoms with Crippen molar-refractivity contribution in [3.63, 3.8) is 0 Å². The van der Waals surface area contributed by atoms with Crippen LogP contribution in [0.15, 0.2) is 42.5 Å². The van der Waals surface area contributed by atoms with E-state index in [9.17, 15) is 4.79 Å². The standard InChI is InChI=1S/C21H22N2O2/c24-21(22-18-13-23-10-8-14(18)9-11-23)17-6-3-5-16-12-15-4-1-2-7-19(15)25-20(16)17/h1-7,14,18H,8-13H2,(H,22,24). The number of hydrogen-bond donors (Lipinski definition) is 1. The van der Waals surface area contributed by atoms with Gasteiger partial charge in [0.05, 0.1) is 5.56 Å². The summed E-state index contributed by atoms with van der Waals surface area (Å²) in [7, 11) is 0. The second kappa shape index (κ2) is 5.88. The number of para-hydroxylation sites is 2. The van der Waals surface area contributed by atoms with E-state index in [4.69, 9.17) is 4.74 Å². The summed E-state index contributed by atoms with van der Waals surface area (Å²) in [6.07, 6.45) is 3.20. The first kappa shape index (κ1) is 15.0. The average Bonchev–Trinajstić information content (AvgIpc) is 2.66. The third-order valence-electron chi connectivity index (χ3n) is 5.88. The molecule has 4 aliphatic heterocycles. The molecular weight excluding hydrogens is 312 g/mol. The van der Waals surface area contributed by atoms with E-state index in [1.54, 1.807) is 0 Å². The Labute approximate surface area is 147 Å². The van der Waals surface area contributed by atoms with E-state index < -0.39 is 0 Å². The zero-order valence-corrected chi connectivity index (χ0v) is 14.2. The van der Waals surface area contributed by atoms with Gasteiger partial charge in [0.25, 0.3) is 5.91 Å². The third-order valence-corrected chi connectivity index (χ3v) is 5.88. The van der Waals surface area contributed by atoms with E-state index in [0.29, 0.717) is 11.5 Å². The predicted molar refractivity (Wildman–Crippen MR) is 96.2 cm³/mol. The Hall–Kier alpha value is -2.33. The molecule has 1 N–H and O–H groups in total. The van der Waals surface area contributed by atoms with Crippen LogP contribution in [-0.4, -0.2) is 36.5 Å². The minimum Gasteiger partial charge on any atom is -0.456 e. The van der Waals surface area contributed by atoms with Crippen LogP contribution < -0.4 is 10.1 Å². The van der Waals surface area contributed by atoms with Gasteiger partial charge in [0.15, 0.2) is 0 Å². The van der Waals surface area contributed by atoms with Crippen LogP contribution in [-0.2, 0) is 6.42 Å². The Morgan fingerprint density at radius 1 is 1.04 bits per heavy atom. The number of hydrogen-bond acceptors (Lipinski definition) is 3. The van der Waals surface area contributed by atoms with Crippen LogP contribution in [0.5, 0.6) is 11.5 Å². The lowest BCUT2D eigenvalue weighted by molar-refractivity contribution is 0.0619. The minimum absolute atomic E-state index is 0.00465. The molecule has 0 aliphatic carbocycles. The van der Waals surface area contributed by atoms with Crippen molar-refractivity contribution in [2.45, 2.75) is 25.3 Å². The lowest BCUT2D eigenvalue weighted by Crippen LogP contribution is -2.57. The lowest BCUT2D eigenvalue weighted by atomic mass is 9.84. The van der Waals surface area contributed by atoms with Crippen molar-refractivity contribution < 1.29 is 9.53 Å². The van der Waals surface area contributed by atoms with Gasteiger partial charge in [-0.3, -0.25) is 4.79 Å². The summed E-state index contributed by atoms with van der Waals surface area (Å²) < 4.78 is 6.11. The molecule has 2 aromatic carbocycles. The van der Waals surface area contributed by atoms with Crippen molar-refractivity contribution in [3.8, 4) is 11.5 Å². The maximum absolute atomic E-state index is 13.0. The predicted octanol–water partition coefficient (Wildman–Crippen LogP) is 3.21. The van der Waals surface area contributed by atoms with Gasteiger partial charge < -0.3 is 15.0 Å². The van der Waals surface area contributed by atoms with E-state index in [-0.39, 0.29) is 11.9 Å². The number of carbonyl (C=O) groups excluding carboxylic acids is 1. The number of rotatable bonds is 2. The summed E-state index contributed by atoms with van der Waals surface area (Å²) in [6.45, 7) is 3.34. The van der Waals surface area contributed by atoms with Gasteiger partial charge in [-0.05, 0) is 49.5 Å². The van der Waals surface area contributed by atoms with Crippen molar-refractivity contribution >= 4 is 5.91 Å². The van der Waals surface area contributed by atoms with Crippen molar-refractivity contribution in [2.75, 3.05) is 19.6 Å². The van der Waals surface area contributed by atoms with Crippen molar-refractivity contribution in [1.82, 2.24) is 10.2 Å². The minimum atomic E-state index is -0.00465. The van der Waals surface area contributed by atoms with Gasteiger partial charge in [-0.1, -0.05) is 30.3 Å². The largest absolute Gasteiger partial charge is 0.456 e. The quantitative estimate of drug-likeness (QED) is 0.782. The molecule has 4 heterocycles. The summed E-state index contributed by atoms with van der Waals surface area (Å²) in [5, 5.41) is 3.28. The van der Waals surface area contributed by atoms with Gasteiger partial charge in [-0.2, -0.15) is 0 Å². The number of ether oxygens (including phenoxy) is 1. The Morgan fingerprint density at radius 3 is 2.64 bits per heavy atom. The van der Waals surface area contributed by atoms with Crippen LogP contribution in [0, 0.1) is 5.92 Å². The van der Waals surface area contributed by atoms with E-state index in [1.165, 1.54) is 31.5 Å². The average molecular weight is 334 g/mol. The smallest absolute Gasteiger partial charge is 0.255 e. The fourth-order valence-corrected chi connectivity index (χ4v) is 4.46. The van der Waals surface area contributed by atoms with Crippen LogP contribution in [0.4, 0.5) is 0 Å². The summed E-state index contributed by atoms with van der Waals surface area (Å²) in [4.78, 5) is 15.4. The van der Waals surface area contributed by atoms with Gasteiger partial charge in [0.1, 0.15) is 11.5 Å². The van der Waals surface area contributed by atoms with E-state index in [2.05, 4.69) is 22.3 Å². The van der Waals surface area contributed by atoms with Crippen molar-refractivity contribution in [1.29, 1.82) is 0 Å². The van der Waals surface area contributed by atoms with E-state index >= 15 is 0 Å². The zero-order valence-electron chi connectivity index (χ0n) is 14.2. The van der Waals surface area contributed by atoms with Gasteiger partial charge in [0, 0.05) is 24.6 Å². The molecule has 2 bridgehead atoms. The molecule has 0 saturated carbocycles. The topological polar surface area (TPSA) is 41.6 Å². The number of benzene rings is 2. The number of nitrogens with zero attached hydrogens (tertiary/aromatic N) is 1. The summed E-state index contributed by atoms with van der Waals surface area (Å²) >= 11 is 0. The molecule has 3 fully saturated rings. The second-order valence-corrected chi connectivity index (χ2v) is 7.40. The third kappa shape index (κ3) is 2.61. The van der Waals surface area contributed by atoms with Gasteiger partial charge in [0.2, 0.25) is 0 Å². The monoisotopic (exact) mass is 334 g/mol. The highest BCUT2D eigenvalue weighted by molar-refractivity contribution is 5.98. The Bertz CT molecular complexity index is 824. The fraction of sp³-hybridized carbons (Fsp3) is 0.381. The van der Waals surface area contributed by atoms with Crippen LogP contribution in [0.1, 0.15) is 34.3 Å². The Balaban J connectivity index is 1.41. The molecule has 3 saturated heterocycles. The number of fused-ring (bicyclic) bond motifs is 5. The van der Waals surface area contributed by atoms with Crippen LogP contribution >= 0.6 is 0 Å². The lowest BCUT2D eigenvalue weighted by Gasteiger charge is -2.45. The molecule has 1 atom stereocenters.